The second-order valence-corrected chi connectivity index (χ2v) is 4.87. The lowest BCUT2D eigenvalue weighted by Gasteiger charge is -2.16. The molecular weight excluding hydrogens is 210 g/mol. The van der Waals surface area contributed by atoms with Crippen LogP contribution in [0.2, 0.25) is 0 Å². The lowest BCUT2D eigenvalue weighted by molar-refractivity contribution is 0.124. The monoisotopic (exact) mass is 243 g/mol. The van der Waals surface area contributed by atoms with Gasteiger partial charge >= 0.3 is 0 Å². The van der Waals surface area contributed by atoms with Crippen molar-refractivity contribution in [2.75, 3.05) is 19.8 Å². The van der Waals surface area contributed by atoms with Crippen molar-refractivity contribution in [3.8, 4) is 0 Å². The molecule has 0 aliphatic carbocycles. The van der Waals surface area contributed by atoms with Gasteiger partial charge in [0.25, 0.3) is 0 Å². The number of rotatable bonds is 13. The molecule has 0 amide bonds. The Morgan fingerprint density at radius 1 is 0.882 bits per heavy atom. The van der Waals surface area contributed by atoms with Gasteiger partial charge in [-0.1, -0.05) is 40.0 Å². The van der Waals surface area contributed by atoms with Crippen molar-refractivity contribution in [2.45, 2.75) is 78.2 Å². The Hall–Kier alpha value is -0.0800. The molecule has 17 heavy (non-hydrogen) atoms. The first-order valence-electron chi connectivity index (χ1n) is 7.66. The molecule has 0 aromatic heterocycles. The SMILES string of the molecule is CCCCCCOCCCC(CC)NCCC. The van der Waals surface area contributed by atoms with Gasteiger partial charge in [-0.2, -0.15) is 0 Å². The molecule has 0 aromatic carbocycles. The molecule has 1 N–H and O–H groups in total. The zero-order chi connectivity index (χ0) is 12.8. The summed E-state index contributed by atoms with van der Waals surface area (Å²) in [5.41, 5.74) is 0. The summed E-state index contributed by atoms with van der Waals surface area (Å²) in [6.45, 7) is 9.78. The average Bonchev–Trinajstić information content (AvgIpc) is 2.36. The predicted octanol–water partition coefficient (Wildman–Crippen LogP) is 4.14. The van der Waals surface area contributed by atoms with Gasteiger partial charge < -0.3 is 10.1 Å². The Kier molecular flexibility index (Phi) is 13.9. The second-order valence-electron chi connectivity index (χ2n) is 4.87. The van der Waals surface area contributed by atoms with Crippen LogP contribution >= 0.6 is 0 Å². The van der Waals surface area contributed by atoms with E-state index in [1.807, 2.05) is 0 Å². The third kappa shape index (κ3) is 12.2. The minimum Gasteiger partial charge on any atom is -0.381 e. The Balaban J connectivity index is 3.19. The molecule has 2 nitrogen and oxygen atoms in total. The quantitative estimate of drug-likeness (QED) is 0.491. The van der Waals surface area contributed by atoms with Crippen LogP contribution in [0.25, 0.3) is 0 Å². The van der Waals surface area contributed by atoms with Gasteiger partial charge in [0.15, 0.2) is 0 Å². The molecule has 0 rings (SSSR count). The number of unbranched alkanes of at least 4 members (excludes halogenated alkanes) is 3. The van der Waals surface area contributed by atoms with Crippen LogP contribution < -0.4 is 5.32 Å². The second kappa shape index (κ2) is 14.0. The van der Waals surface area contributed by atoms with Gasteiger partial charge in [-0.3, -0.25) is 0 Å². The molecule has 0 aliphatic heterocycles. The summed E-state index contributed by atoms with van der Waals surface area (Å²) in [6, 6.07) is 0.693. The summed E-state index contributed by atoms with van der Waals surface area (Å²) in [5, 5.41) is 3.58. The van der Waals surface area contributed by atoms with E-state index < -0.39 is 0 Å². The molecule has 0 aromatic rings. The minimum absolute atomic E-state index is 0.693. The first-order chi connectivity index (χ1) is 8.35. The molecular formula is C15H33NO. The predicted molar refractivity (Wildman–Crippen MR) is 76.6 cm³/mol. The highest BCUT2D eigenvalue weighted by atomic mass is 16.5. The summed E-state index contributed by atoms with van der Waals surface area (Å²) in [5.74, 6) is 0. The van der Waals surface area contributed by atoms with Crippen molar-refractivity contribution in [2.24, 2.45) is 0 Å². The van der Waals surface area contributed by atoms with Crippen LogP contribution in [-0.2, 0) is 4.74 Å². The normalized spacial score (nSPS) is 12.9. The topological polar surface area (TPSA) is 21.3 Å². The molecule has 0 aliphatic rings. The standard InChI is InChI=1S/C15H33NO/c1-4-7-8-9-13-17-14-10-11-15(6-3)16-12-5-2/h15-16H,4-14H2,1-3H3. The van der Waals surface area contributed by atoms with Crippen LogP contribution in [-0.4, -0.2) is 25.8 Å². The Labute approximate surface area is 109 Å². The van der Waals surface area contributed by atoms with Crippen molar-refractivity contribution < 1.29 is 4.74 Å². The Morgan fingerprint density at radius 2 is 1.65 bits per heavy atom. The van der Waals surface area contributed by atoms with E-state index in [4.69, 9.17) is 4.74 Å². The molecule has 2 heteroatoms. The van der Waals surface area contributed by atoms with Crippen LogP contribution in [0, 0.1) is 0 Å². The fourth-order valence-electron chi connectivity index (χ4n) is 1.96. The number of hydrogen-bond acceptors (Lipinski definition) is 2. The molecule has 0 radical (unpaired) electrons. The summed E-state index contributed by atoms with van der Waals surface area (Å²) >= 11 is 0. The zero-order valence-corrected chi connectivity index (χ0v) is 12.3. The molecule has 0 fully saturated rings. The summed E-state index contributed by atoms with van der Waals surface area (Å²) in [6.07, 6.45) is 10.1. The molecule has 1 unspecified atom stereocenters. The van der Waals surface area contributed by atoms with Crippen molar-refractivity contribution in [1.82, 2.24) is 5.32 Å². The van der Waals surface area contributed by atoms with Crippen molar-refractivity contribution >= 4 is 0 Å². The highest BCUT2D eigenvalue weighted by molar-refractivity contribution is 4.63. The number of hydrogen-bond donors (Lipinski definition) is 1. The van der Waals surface area contributed by atoms with E-state index >= 15 is 0 Å². The summed E-state index contributed by atoms with van der Waals surface area (Å²) in [7, 11) is 0. The summed E-state index contributed by atoms with van der Waals surface area (Å²) in [4.78, 5) is 0. The molecule has 0 heterocycles. The largest absolute Gasteiger partial charge is 0.381 e. The lowest BCUT2D eigenvalue weighted by atomic mass is 10.1. The molecule has 0 saturated carbocycles. The minimum atomic E-state index is 0.693. The van der Waals surface area contributed by atoms with E-state index in [1.54, 1.807) is 0 Å². The maximum atomic E-state index is 5.65. The number of ether oxygens (including phenoxy) is 1. The van der Waals surface area contributed by atoms with Crippen LogP contribution in [0.1, 0.15) is 72.1 Å². The van der Waals surface area contributed by atoms with E-state index in [0.717, 1.165) is 19.8 Å². The fourth-order valence-corrected chi connectivity index (χ4v) is 1.96. The van der Waals surface area contributed by atoms with Gasteiger partial charge in [-0.15, -0.1) is 0 Å². The molecule has 0 saturated heterocycles. The Bertz CT molecular complexity index is 139. The Morgan fingerprint density at radius 3 is 2.29 bits per heavy atom. The molecule has 104 valence electrons. The van der Waals surface area contributed by atoms with Gasteiger partial charge in [0.05, 0.1) is 0 Å². The molecule has 0 spiro atoms. The number of nitrogens with one attached hydrogen (secondary N) is 1. The van der Waals surface area contributed by atoms with E-state index in [1.165, 1.54) is 51.4 Å². The highest BCUT2D eigenvalue weighted by Crippen LogP contribution is 2.03. The lowest BCUT2D eigenvalue weighted by Crippen LogP contribution is -2.29. The maximum Gasteiger partial charge on any atom is 0.0466 e. The average molecular weight is 243 g/mol. The van der Waals surface area contributed by atoms with E-state index in [-0.39, 0.29) is 0 Å². The van der Waals surface area contributed by atoms with Crippen LogP contribution in [0.4, 0.5) is 0 Å². The van der Waals surface area contributed by atoms with E-state index in [2.05, 4.69) is 26.1 Å². The maximum absolute atomic E-state index is 5.65. The van der Waals surface area contributed by atoms with Crippen LogP contribution in [0.5, 0.6) is 0 Å². The summed E-state index contributed by atoms with van der Waals surface area (Å²) < 4.78 is 5.65. The van der Waals surface area contributed by atoms with Crippen molar-refractivity contribution in [3.05, 3.63) is 0 Å². The van der Waals surface area contributed by atoms with Crippen LogP contribution in [0.15, 0.2) is 0 Å². The van der Waals surface area contributed by atoms with Gasteiger partial charge in [-0.25, -0.2) is 0 Å². The molecule has 1 atom stereocenters. The first kappa shape index (κ1) is 16.9. The fraction of sp³-hybridized carbons (Fsp3) is 1.00. The smallest absolute Gasteiger partial charge is 0.0466 e. The molecule has 0 bridgehead atoms. The zero-order valence-electron chi connectivity index (χ0n) is 12.3. The van der Waals surface area contributed by atoms with Gasteiger partial charge in [0.1, 0.15) is 0 Å². The van der Waals surface area contributed by atoms with E-state index in [0.29, 0.717) is 6.04 Å². The van der Waals surface area contributed by atoms with Crippen LogP contribution in [0.3, 0.4) is 0 Å². The van der Waals surface area contributed by atoms with Gasteiger partial charge in [0.2, 0.25) is 0 Å². The first-order valence-corrected chi connectivity index (χ1v) is 7.66. The van der Waals surface area contributed by atoms with Crippen molar-refractivity contribution in [3.63, 3.8) is 0 Å². The van der Waals surface area contributed by atoms with E-state index in [9.17, 15) is 0 Å². The van der Waals surface area contributed by atoms with Gasteiger partial charge in [0, 0.05) is 19.3 Å². The van der Waals surface area contributed by atoms with Crippen molar-refractivity contribution in [1.29, 1.82) is 0 Å². The van der Waals surface area contributed by atoms with Gasteiger partial charge in [-0.05, 0) is 38.6 Å². The highest BCUT2D eigenvalue weighted by Gasteiger charge is 2.03. The third-order valence-electron chi connectivity index (χ3n) is 3.16. The third-order valence-corrected chi connectivity index (χ3v) is 3.16.